The van der Waals surface area contributed by atoms with E-state index in [0.29, 0.717) is 22.3 Å². The van der Waals surface area contributed by atoms with Gasteiger partial charge in [-0.15, -0.1) is 5.10 Å². The van der Waals surface area contributed by atoms with Gasteiger partial charge >= 0.3 is 0 Å². The van der Waals surface area contributed by atoms with Gasteiger partial charge in [0, 0.05) is 23.9 Å². The summed E-state index contributed by atoms with van der Waals surface area (Å²) in [5.41, 5.74) is 1.99. The van der Waals surface area contributed by atoms with E-state index in [-0.39, 0.29) is 12.2 Å². The van der Waals surface area contributed by atoms with Crippen molar-refractivity contribution in [1.29, 1.82) is 0 Å². The summed E-state index contributed by atoms with van der Waals surface area (Å²) in [7, 11) is 2.96. The van der Waals surface area contributed by atoms with Crippen molar-refractivity contribution in [3.8, 4) is 11.4 Å². The quantitative estimate of drug-likeness (QED) is 0.656. The Morgan fingerprint density at radius 1 is 1.33 bits per heavy atom. The van der Waals surface area contributed by atoms with Crippen LogP contribution in [0.25, 0.3) is 16.7 Å². The molecule has 2 aromatic carbocycles. The lowest BCUT2D eigenvalue weighted by atomic mass is 10.2. The minimum absolute atomic E-state index is 0.0859. The van der Waals surface area contributed by atoms with Gasteiger partial charge in [0.1, 0.15) is 22.8 Å². The monoisotopic (exact) mass is 349 g/mol. The van der Waals surface area contributed by atoms with Crippen molar-refractivity contribution in [1.82, 2.24) is 19.3 Å². The predicted octanol–water partition coefficient (Wildman–Crippen LogP) is 1.79. The summed E-state index contributed by atoms with van der Waals surface area (Å²) in [6, 6.07) is 9.69. The zero-order valence-electron chi connectivity index (χ0n) is 13.0. The lowest BCUT2D eigenvalue weighted by Gasteiger charge is -2.19. The third-order valence-electron chi connectivity index (χ3n) is 3.55. The molecule has 9 heteroatoms. The van der Waals surface area contributed by atoms with Gasteiger partial charge in [-0.2, -0.15) is 0 Å². The number of ether oxygens (including phenoxy) is 1. The molecule has 3 rings (SSSR count). The maximum atomic E-state index is 14.5. The van der Waals surface area contributed by atoms with Crippen molar-refractivity contribution < 1.29 is 17.9 Å². The highest BCUT2D eigenvalue weighted by Crippen LogP contribution is 2.23. The molecule has 0 amide bonds. The zero-order chi connectivity index (χ0) is 17.3. The Bertz CT molecular complexity index is 915. The van der Waals surface area contributed by atoms with E-state index in [1.807, 2.05) is 0 Å². The van der Waals surface area contributed by atoms with Crippen LogP contribution in [0.3, 0.4) is 0 Å². The Hall–Kier alpha value is -2.36. The number of hydrogen-bond acceptors (Lipinski definition) is 5. The van der Waals surface area contributed by atoms with Crippen LogP contribution in [0.4, 0.5) is 4.39 Å². The topological polar surface area (TPSA) is 83.3 Å². The molecule has 1 atom stereocenters. The molecule has 1 heterocycles. The van der Waals surface area contributed by atoms with Gasteiger partial charge in [-0.1, -0.05) is 11.3 Å². The fraction of sp³-hybridized carbons (Fsp3) is 0.200. The van der Waals surface area contributed by atoms with Crippen LogP contribution >= 0.6 is 0 Å². The maximum absolute atomic E-state index is 14.5. The number of nitrogens with zero attached hydrogens (tertiary/aromatic N) is 4. The fourth-order valence-corrected chi connectivity index (χ4v) is 2.59. The summed E-state index contributed by atoms with van der Waals surface area (Å²) in [4.78, 5) is 0. The number of halogens is 1. The van der Waals surface area contributed by atoms with Crippen LogP contribution in [-0.2, 0) is 17.8 Å². The first-order chi connectivity index (χ1) is 11.5. The Morgan fingerprint density at radius 2 is 2.12 bits per heavy atom. The number of methoxy groups -OCH3 is 1. The molecule has 0 spiro atoms. The largest absolute Gasteiger partial charge is 0.760 e. The molecular weight excluding hydrogens is 335 g/mol. The highest BCUT2D eigenvalue weighted by atomic mass is 32.2. The van der Waals surface area contributed by atoms with Crippen molar-refractivity contribution in [2.24, 2.45) is 0 Å². The predicted molar refractivity (Wildman–Crippen MR) is 85.8 cm³/mol. The SMILES string of the molecule is COc1ccc2c(c1)nnn2-c1ccc(CN(C)S(=O)[O-])cc1F. The van der Waals surface area contributed by atoms with Gasteiger partial charge in [0.2, 0.25) is 0 Å². The summed E-state index contributed by atoms with van der Waals surface area (Å²) >= 11 is -2.35. The van der Waals surface area contributed by atoms with Crippen LogP contribution in [-0.4, -0.2) is 42.2 Å². The second kappa shape index (κ2) is 6.63. The van der Waals surface area contributed by atoms with E-state index >= 15 is 0 Å². The molecule has 1 aromatic heterocycles. The summed E-state index contributed by atoms with van der Waals surface area (Å²) in [5, 5.41) is 8.00. The van der Waals surface area contributed by atoms with Crippen LogP contribution in [0.5, 0.6) is 5.75 Å². The van der Waals surface area contributed by atoms with Crippen LogP contribution in [0.2, 0.25) is 0 Å². The van der Waals surface area contributed by atoms with Crippen LogP contribution < -0.4 is 4.74 Å². The first kappa shape index (κ1) is 16.5. The van der Waals surface area contributed by atoms with Gasteiger partial charge in [0.05, 0.1) is 12.6 Å². The molecule has 0 radical (unpaired) electrons. The lowest BCUT2D eigenvalue weighted by Crippen LogP contribution is -2.20. The summed E-state index contributed by atoms with van der Waals surface area (Å²) < 4.78 is 43.7. The van der Waals surface area contributed by atoms with Gasteiger partial charge < -0.3 is 9.29 Å². The van der Waals surface area contributed by atoms with Gasteiger partial charge in [0.15, 0.2) is 0 Å². The molecular formula is C15H14FN4O3S-. The second-order valence-electron chi connectivity index (χ2n) is 5.14. The van der Waals surface area contributed by atoms with Crippen molar-refractivity contribution in [3.05, 3.63) is 47.8 Å². The van der Waals surface area contributed by atoms with Gasteiger partial charge in [0.25, 0.3) is 0 Å². The average Bonchev–Trinajstić information content (AvgIpc) is 2.97. The molecule has 1 unspecified atom stereocenters. The van der Waals surface area contributed by atoms with Gasteiger partial charge in [-0.25, -0.2) is 13.4 Å². The van der Waals surface area contributed by atoms with E-state index in [0.717, 1.165) is 4.31 Å². The lowest BCUT2D eigenvalue weighted by molar-refractivity contribution is 0.415. The van der Waals surface area contributed by atoms with E-state index in [1.54, 1.807) is 37.4 Å². The molecule has 3 aromatic rings. The number of rotatable bonds is 5. The van der Waals surface area contributed by atoms with Crippen molar-refractivity contribution in [2.75, 3.05) is 14.2 Å². The van der Waals surface area contributed by atoms with E-state index in [1.165, 1.54) is 17.8 Å². The molecule has 0 bridgehead atoms. The maximum Gasteiger partial charge on any atom is 0.149 e. The number of hydrogen-bond donors (Lipinski definition) is 0. The Labute approximate surface area is 140 Å². The minimum Gasteiger partial charge on any atom is -0.760 e. The summed E-state index contributed by atoms with van der Waals surface area (Å²) in [6.45, 7) is 0.0859. The first-order valence-electron chi connectivity index (χ1n) is 6.98. The van der Waals surface area contributed by atoms with Crippen LogP contribution in [0, 0.1) is 5.82 Å². The molecule has 0 N–H and O–H groups in total. The zero-order valence-corrected chi connectivity index (χ0v) is 13.8. The smallest absolute Gasteiger partial charge is 0.149 e. The average molecular weight is 349 g/mol. The minimum atomic E-state index is -2.35. The molecule has 24 heavy (non-hydrogen) atoms. The molecule has 126 valence electrons. The van der Waals surface area contributed by atoms with Gasteiger partial charge in [-0.05, 0) is 36.9 Å². The van der Waals surface area contributed by atoms with E-state index < -0.39 is 17.1 Å². The van der Waals surface area contributed by atoms with E-state index in [4.69, 9.17) is 4.74 Å². The van der Waals surface area contributed by atoms with E-state index in [9.17, 15) is 13.2 Å². The van der Waals surface area contributed by atoms with Crippen LogP contribution in [0.1, 0.15) is 5.56 Å². The highest BCUT2D eigenvalue weighted by molar-refractivity contribution is 7.76. The molecule has 0 saturated heterocycles. The molecule has 0 saturated carbocycles. The van der Waals surface area contributed by atoms with Gasteiger partial charge in [-0.3, -0.25) is 4.21 Å². The number of aromatic nitrogens is 3. The van der Waals surface area contributed by atoms with E-state index in [2.05, 4.69) is 10.3 Å². The summed E-state index contributed by atoms with van der Waals surface area (Å²) in [6.07, 6.45) is 0. The Balaban J connectivity index is 1.97. The molecule has 0 aliphatic heterocycles. The highest BCUT2D eigenvalue weighted by Gasteiger charge is 2.13. The second-order valence-corrected chi connectivity index (χ2v) is 6.20. The normalized spacial score (nSPS) is 12.7. The summed E-state index contributed by atoms with van der Waals surface area (Å²) in [5.74, 6) is 0.124. The number of fused-ring (bicyclic) bond motifs is 1. The van der Waals surface area contributed by atoms with Crippen molar-refractivity contribution in [2.45, 2.75) is 6.54 Å². The molecule has 7 nitrogen and oxygen atoms in total. The van der Waals surface area contributed by atoms with Crippen molar-refractivity contribution in [3.63, 3.8) is 0 Å². The standard InChI is InChI=1S/C15H15FN4O3S/c1-19(24(21)22)9-10-3-5-14(12(16)7-10)20-15-6-4-11(23-2)8-13(15)17-18-20/h3-8H,9H2,1-2H3,(H,21,22)/p-1. The molecule has 0 aliphatic carbocycles. The number of benzene rings is 2. The third kappa shape index (κ3) is 3.14. The van der Waals surface area contributed by atoms with Crippen molar-refractivity contribution >= 4 is 22.3 Å². The fourth-order valence-electron chi connectivity index (χ4n) is 2.34. The van der Waals surface area contributed by atoms with Crippen LogP contribution in [0.15, 0.2) is 36.4 Å². The Morgan fingerprint density at radius 3 is 2.79 bits per heavy atom. The first-order valence-corrected chi connectivity index (χ1v) is 8.01. The Kier molecular flexibility index (Phi) is 4.56. The molecule has 0 aliphatic rings. The molecule has 0 fully saturated rings. The third-order valence-corrected chi connectivity index (χ3v) is 4.19.